The number of H-pyrrole nitrogens is 1. The van der Waals surface area contributed by atoms with Crippen molar-refractivity contribution in [2.75, 3.05) is 0 Å². The lowest BCUT2D eigenvalue weighted by molar-refractivity contribution is 0.223. The summed E-state index contributed by atoms with van der Waals surface area (Å²) in [6.07, 6.45) is 0. The minimum Gasteiger partial charge on any atom is -0.322 e. The van der Waals surface area contributed by atoms with E-state index in [4.69, 9.17) is 11.6 Å². The molecule has 2 aromatic heterocycles. The minimum atomic E-state index is -0.257. The molecule has 0 saturated heterocycles. The number of nitrogens with one attached hydrogen (secondary N) is 1. The molecule has 4 rings (SSSR count). The molecule has 0 aliphatic carbocycles. The Morgan fingerprint density at radius 2 is 1.78 bits per heavy atom. The minimum absolute atomic E-state index is 0.0964. The lowest BCUT2D eigenvalue weighted by Crippen LogP contribution is -2.31. The molecule has 7 nitrogen and oxygen atoms in total. The van der Waals surface area contributed by atoms with Crippen LogP contribution in [0.5, 0.6) is 0 Å². The van der Waals surface area contributed by atoms with Crippen LogP contribution < -0.4 is 5.56 Å². The third-order valence-electron chi connectivity index (χ3n) is 5.36. The molecule has 0 spiro atoms. The molecule has 2 heterocycles. The van der Waals surface area contributed by atoms with E-state index in [1.807, 2.05) is 54.1 Å². The number of fused-ring (bicyclic) bond motifs is 1. The Kier molecular flexibility index (Phi) is 6.13. The third kappa shape index (κ3) is 4.89. The summed E-state index contributed by atoms with van der Waals surface area (Å²) >= 11 is 6.44. The summed E-state index contributed by atoms with van der Waals surface area (Å²) in [5, 5.41) is 14.0. The van der Waals surface area contributed by atoms with Crippen molar-refractivity contribution < 1.29 is 0 Å². The average Bonchev–Trinajstić information content (AvgIpc) is 3.19. The van der Waals surface area contributed by atoms with Crippen LogP contribution in [0.1, 0.15) is 43.3 Å². The molecular formula is C24H27ClN6O. The van der Waals surface area contributed by atoms with E-state index < -0.39 is 0 Å². The standard InChI is InChI=1S/C24H27ClN6O/c1-16-9-10-21-18(11-16)12-19(23(32)26-21)14-30(13-17-7-5-6-8-20(17)25)15-22-27-28-29-31(22)24(2,3)4/h5-12H,13-15H2,1-4H3,(H,26,32). The Morgan fingerprint density at radius 1 is 1.03 bits per heavy atom. The molecule has 4 aromatic rings. The summed E-state index contributed by atoms with van der Waals surface area (Å²) in [6.45, 7) is 9.68. The van der Waals surface area contributed by atoms with Crippen molar-refractivity contribution in [3.05, 3.63) is 86.4 Å². The van der Waals surface area contributed by atoms with Crippen molar-refractivity contribution in [1.29, 1.82) is 0 Å². The largest absolute Gasteiger partial charge is 0.322 e. The maximum Gasteiger partial charge on any atom is 0.252 e. The van der Waals surface area contributed by atoms with Crippen molar-refractivity contribution in [3.63, 3.8) is 0 Å². The monoisotopic (exact) mass is 450 g/mol. The Balaban J connectivity index is 1.70. The lowest BCUT2D eigenvalue weighted by atomic mass is 10.1. The van der Waals surface area contributed by atoms with Crippen molar-refractivity contribution in [2.45, 2.75) is 52.9 Å². The zero-order chi connectivity index (χ0) is 22.9. The second-order valence-electron chi connectivity index (χ2n) is 9.13. The average molecular weight is 451 g/mol. The van der Waals surface area contributed by atoms with Crippen LogP contribution in [0.15, 0.2) is 53.3 Å². The van der Waals surface area contributed by atoms with E-state index in [9.17, 15) is 4.79 Å². The molecule has 1 N–H and O–H groups in total. The van der Waals surface area contributed by atoms with Gasteiger partial charge in [0.1, 0.15) is 0 Å². The number of benzene rings is 2. The van der Waals surface area contributed by atoms with Crippen molar-refractivity contribution in [2.24, 2.45) is 0 Å². The molecule has 0 unspecified atom stereocenters. The van der Waals surface area contributed by atoms with E-state index in [1.165, 1.54) is 0 Å². The molecule has 166 valence electrons. The predicted molar refractivity (Wildman–Crippen MR) is 127 cm³/mol. The molecule has 0 aliphatic rings. The summed E-state index contributed by atoms with van der Waals surface area (Å²) in [7, 11) is 0. The second-order valence-corrected chi connectivity index (χ2v) is 9.54. The number of hydrogen-bond donors (Lipinski definition) is 1. The van der Waals surface area contributed by atoms with E-state index in [0.717, 1.165) is 27.9 Å². The van der Waals surface area contributed by atoms with Gasteiger partial charge in [0.05, 0.1) is 12.1 Å². The van der Waals surface area contributed by atoms with Crippen molar-refractivity contribution in [1.82, 2.24) is 30.1 Å². The van der Waals surface area contributed by atoms with Gasteiger partial charge in [-0.15, -0.1) is 5.10 Å². The number of aromatic nitrogens is 5. The summed E-state index contributed by atoms with van der Waals surface area (Å²) in [4.78, 5) is 18.0. The number of aromatic amines is 1. The van der Waals surface area contributed by atoms with Gasteiger partial charge in [0, 0.05) is 29.2 Å². The first kappa shape index (κ1) is 22.2. The lowest BCUT2D eigenvalue weighted by Gasteiger charge is -2.25. The van der Waals surface area contributed by atoms with Crippen LogP contribution in [-0.2, 0) is 25.2 Å². The highest BCUT2D eigenvalue weighted by Crippen LogP contribution is 2.21. The molecule has 32 heavy (non-hydrogen) atoms. The van der Waals surface area contributed by atoms with Crippen LogP contribution in [0.3, 0.4) is 0 Å². The van der Waals surface area contributed by atoms with Crippen LogP contribution >= 0.6 is 11.6 Å². The van der Waals surface area contributed by atoms with E-state index in [2.05, 4.69) is 52.2 Å². The fourth-order valence-electron chi connectivity index (χ4n) is 3.79. The maximum atomic E-state index is 12.8. The van der Waals surface area contributed by atoms with Crippen LogP contribution in [-0.4, -0.2) is 30.1 Å². The summed E-state index contributed by atoms with van der Waals surface area (Å²) in [5.74, 6) is 0.734. The SMILES string of the molecule is Cc1ccc2[nH]c(=O)c(CN(Cc3ccccc3Cl)Cc3nnnn3C(C)(C)C)cc2c1. The second kappa shape index (κ2) is 8.84. The molecule has 0 saturated carbocycles. The van der Waals surface area contributed by atoms with Gasteiger partial charge >= 0.3 is 0 Å². The summed E-state index contributed by atoms with van der Waals surface area (Å²) < 4.78 is 1.82. The van der Waals surface area contributed by atoms with Crippen LogP contribution in [0.2, 0.25) is 5.02 Å². The number of rotatable bonds is 6. The van der Waals surface area contributed by atoms with Gasteiger partial charge in [0.15, 0.2) is 5.82 Å². The summed E-state index contributed by atoms with van der Waals surface area (Å²) in [5.41, 5.74) is 3.29. The molecule has 0 radical (unpaired) electrons. The highest BCUT2D eigenvalue weighted by molar-refractivity contribution is 6.31. The third-order valence-corrected chi connectivity index (χ3v) is 5.73. The highest BCUT2D eigenvalue weighted by atomic mass is 35.5. The first-order valence-corrected chi connectivity index (χ1v) is 10.9. The van der Waals surface area contributed by atoms with Crippen molar-refractivity contribution in [3.8, 4) is 0 Å². The zero-order valence-corrected chi connectivity index (χ0v) is 19.5. The number of pyridine rings is 1. The highest BCUT2D eigenvalue weighted by Gasteiger charge is 2.22. The van der Waals surface area contributed by atoms with Gasteiger partial charge in [0.2, 0.25) is 0 Å². The fourth-order valence-corrected chi connectivity index (χ4v) is 3.99. The molecule has 2 aromatic carbocycles. The predicted octanol–water partition coefficient (Wildman–Crippen LogP) is 4.43. The van der Waals surface area contributed by atoms with Gasteiger partial charge < -0.3 is 4.98 Å². The molecule has 0 atom stereocenters. The first-order valence-electron chi connectivity index (χ1n) is 10.6. The molecule has 8 heteroatoms. The van der Waals surface area contributed by atoms with Gasteiger partial charge in [-0.25, -0.2) is 4.68 Å². The topological polar surface area (TPSA) is 79.7 Å². The quantitative estimate of drug-likeness (QED) is 0.470. The van der Waals surface area contributed by atoms with Crippen LogP contribution in [0.25, 0.3) is 10.9 Å². The molecule has 0 fully saturated rings. The molecule has 0 bridgehead atoms. The van der Waals surface area contributed by atoms with E-state index in [0.29, 0.717) is 30.2 Å². The normalized spacial score (nSPS) is 12.1. The molecule has 0 amide bonds. The van der Waals surface area contributed by atoms with E-state index in [1.54, 1.807) is 0 Å². The van der Waals surface area contributed by atoms with Crippen molar-refractivity contribution >= 4 is 22.5 Å². The summed E-state index contributed by atoms with van der Waals surface area (Å²) in [6, 6.07) is 15.7. The van der Waals surface area contributed by atoms with Crippen LogP contribution in [0.4, 0.5) is 0 Å². The smallest absolute Gasteiger partial charge is 0.252 e. The van der Waals surface area contributed by atoms with Gasteiger partial charge in [-0.2, -0.15) is 0 Å². The zero-order valence-electron chi connectivity index (χ0n) is 18.8. The Morgan fingerprint density at radius 3 is 2.53 bits per heavy atom. The number of halogens is 1. The van der Waals surface area contributed by atoms with E-state index >= 15 is 0 Å². The number of tetrazole rings is 1. The van der Waals surface area contributed by atoms with Gasteiger partial charge in [-0.05, 0) is 73.3 Å². The molecular weight excluding hydrogens is 424 g/mol. The number of hydrogen-bond acceptors (Lipinski definition) is 5. The van der Waals surface area contributed by atoms with Gasteiger partial charge in [-0.1, -0.05) is 41.4 Å². The van der Waals surface area contributed by atoms with Gasteiger partial charge in [0.25, 0.3) is 5.56 Å². The fraction of sp³-hybridized carbons (Fsp3) is 0.333. The van der Waals surface area contributed by atoms with Gasteiger partial charge in [-0.3, -0.25) is 9.69 Å². The number of nitrogens with zero attached hydrogens (tertiary/aromatic N) is 5. The maximum absolute atomic E-state index is 12.8. The Bertz CT molecular complexity index is 1300. The number of aryl methyl sites for hydroxylation is 1. The Labute approximate surface area is 192 Å². The van der Waals surface area contributed by atoms with E-state index in [-0.39, 0.29) is 11.1 Å². The van der Waals surface area contributed by atoms with Crippen LogP contribution in [0, 0.1) is 6.92 Å². The Hall–Kier alpha value is -3.03. The first-order chi connectivity index (χ1) is 15.2. The molecule has 0 aliphatic heterocycles.